The van der Waals surface area contributed by atoms with E-state index in [1.807, 2.05) is 0 Å². The molecule has 10 heteroatoms. The van der Waals surface area contributed by atoms with Gasteiger partial charge in [0.1, 0.15) is 6.54 Å². The van der Waals surface area contributed by atoms with Gasteiger partial charge in [0, 0.05) is 17.2 Å². The number of amides is 2. The van der Waals surface area contributed by atoms with Gasteiger partial charge in [-0.15, -0.1) is 0 Å². The van der Waals surface area contributed by atoms with Gasteiger partial charge in [0.25, 0.3) is 16.8 Å². The van der Waals surface area contributed by atoms with Crippen molar-refractivity contribution in [2.24, 2.45) is 0 Å². The number of rotatable bonds is 5. The molecule has 0 atom stereocenters. The molecule has 124 valence electrons. The summed E-state index contributed by atoms with van der Waals surface area (Å²) in [6, 6.07) is 5.56. The van der Waals surface area contributed by atoms with Gasteiger partial charge in [0.05, 0.1) is 9.83 Å². The second-order valence-electron chi connectivity index (χ2n) is 4.54. The fraction of sp³-hybridized carbons (Fsp3) is 0.0714. The minimum Gasteiger partial charge on any atom is -0.480 e. The predicted octanol–water partition coefficient (Wildman–Crippen LogP) is 2.84. The van der Waals surface area contributed by atoms with Crippen molar-refractivity contribution in [3.05, 3.63) is 56.0 Å². The highest BCUT2D eigenvalue weighted by molar-refractivity contribution is 8.18. The summed E-state index contributed by atoms with van der Waals surface area (Å²) in [5.41, 5.74) is 0.490. The Morgan fingerprint density at radius 1 is 1.33 bits per heavy atom. The Bertz CT molecular complexity index is 787. The molecular formula is C14H9ClN2O6S. The Labute approximate surface area is 144 Å². The SMILES string of the molecule is O=C(O)CN1C(=O)S/C(=C/C(Cl)=C/c2ccc([N+](=O)[O-])cc2)C1=O. The van der Waals surface area contributed by atoms with E-state index in [-0.39, 0.29) is 15.6 Å². The molecule has 1 aromatic carbocycles. The van der Waals surface area contributed by atoms with Crippen LogP contribution in [0.2, 0.25) is 0 Å². The molecule has 2 rings (SSSR count). The Morgan fingerprint density at radius 2 is 1.96 bits per heavy atom. The Balaban J connectivity index is 2.18. The van der Waals surface area contributed by atoms with Crippen molar-refractivity contribution >= 4 is 52.2 Å². The third-order valence-corrected chi connectivity index (χ3v) is 3.97. The zero-order chi connectivity index (χ0) is 17.9. The number of hydrogen-bond acceptors (Lipinski definition) is 6. The number of carboxylic acids is 1. The molecule has 0 radical (unpaired) electrons. The molecule has 1 saturated heterocycles. The number of nitro groups is 1. The van der Waals surface area contributed by atoms with Crippen molar-refractivity contribution in [3.63, 3.8) is 0 Å². The first-order valence-electron chi connectivity index (χ1n) is 6.37. The largest absolute Gasteiger partial charge is 0.480 e. The van der Waals surface area contributed by atoms with Crippen LogP contribution in [-0.4, -0.2) is 38.6 Å². The summed E-state index contributed by atoms with van der Waals surface area (Å²) in [7, 11) is 0. The van der Waals surface area contributed by atoms with Crippen LogP contribution in [0.4, 0.5) is 10.5 Å². The maximum Gasteiger partial charge on any atom is 0.323 e. The van der Waals surface area contributed by atoms with Crippen LogP contribution >= 0.6 is 23.4 Å². The van der Waals surface area contributed by atoms with Crippen LogP contribution in [0.15, 0.2) is 40.3 Å². The third-order valence-electron chi connectivity index (χ3n) is 2.84. The van der Waals surface area contributed by atoms with E-state index in [9.17, 15) is 24.5 Å². The summed E-state index contributed by atoms with van der Waals surface area (Å²) in [5.74, 6) is -2.03. The second-order valence-corrected chi connectivity index (χ2v) is 5.97. The lowest BCUT2D eigenvalue weighted by Crippen LogP contribution is -2.33. The topological polar surface area (TPSA) is 118 Å². The molecule has 0 spiro atoms. The van der Waals surface area contributed by atoms with Gasteiger partial charge in [-0.05, 0) is 41.6 Å². The molecule has 8 nitrogen and oxygen atoms in total. The number of imide groups is 1. The molecule has 1 N–H and O–H groups in total. The van der Waals surface area contributed by atoms with Crippen molar-refractivity contribution in [2.75, 3.05) is 6.54 Å². The summed E-state index contributed by atoms with van der Waals surface area (Å²) in [6.45, 7) is -0.717. The fourth-order valence-electron chi connectivity index (χ4n) is 1.79. The van der Waals surface area contributed by atoms with Gasteiger partial charge in [0.2, 0.25) is 0 Å². The molecule has 24 heavy (non-hydrogen) atoms. The van der Waals surface area contributed by atoms with Crippen LogP contribution in [0.3, 0.4) is 0 Å². The van der Waals surface area contributed by atoms with Crippen molar-refractivity contribution in [3.8, 4) is 0 Å². The molecule has 1 fully saturated rings. The van der Waals surface area contributed by atoms with Crippen molar-refractivity contribution < 1.29 is 24.4 Å². The molecule has 1 aliphatic rings. The Kier molecular flexibility index (Phi) is 5.37. The number of benzene rings is 1. The molecule has 1 aromatic rings. The number of non-ortho nitro benzene ring substituents is 1. The highest BCUT2D eigenvalue weighted by Gasteiger charge is 2.36. The van der Waals surface area contributed by atoms with Gasteiger partial charge in [-0.1, -0.05) is 11.6 Å². The van der Waals surface area contributed by atoms with Gasteiger partial charge in [-0.2, -0.15) is 0 Å². The van der Waals surface area contributed by atoms with Gasteiger partial charge in [-0.3, -0.25) is 29.4 Å². The second kappa shape index (κ2) is 7.28. The molecular weight excluding hydrogens is 360 g/mol. The fourth-order valence-corrected chi connectivity index (χ4v) is 2.92. The van der Waals surface area contributed by atoms with Crippen molar-refractivity contribution in [1.82, 2.24) is 4.90 Å². The van der Waals surface area contributed by atoms with E-state index in [4.69, 9.17) is 16.7 Å². The maximum atomic E-state index is 12.0. The molecule has 0 unspecified atom stereocenters. The standard InChI is InChI=1S/C14H9ClN2O6S/c15-9(5-8-1-3-10(4-2-8)17(22)23)6-11-13(20)16(7-12(18)19)14(21)24-11/h1-6H,7H2,(H,18,19)/b9-5-,11-6+. The number of carbonyl (C=O) groups excluding carboxylic acids is 2. The first-order valence-corrected chi connectivity index (χ1v) is 7.56. The van der Waals surface area contributed by atoms with E-state index in [2.05, 4.69) is 0 Å². The number of hydrogen-bond donors (Lipinski definition) is 1. The smallest absolute Gasteiger partial charge is 0.323 e. The third kappa shape index (κ3) is 4.21. The number of nitro benzene ring substituents is 1. The van der Waals surface area contributed by atoms with E-state index in [1.165, 1.54) is 36.4 Å². The lowest BCUT2D eigenvalue weighted by molar-refractivity contribution is -0.384. The number of aliphatic carboxylic acids is 1. The molecule has 0 saturated carbocycles. The molecule has 1 heterocycles. The van der Waals surface area contributed by atoms with Gasteiger partial charge >= 0.3 is 5.97 Å². The average Bonchev–Trinajstić information content (AvgIpc) is 2.75. The summed E-state index contributed by atoms with van der Waals surface area (Å²) < 4.78 is 0. The van der Waals surface area contributed by atoms with E-state index in [1.54, 1.807) is 0 Å². The normalized spacial score (nSPS) is 16.8. The Hall–Kier alpha value is -2.65. The Morgan fingerprint density at radius 3 is 2.50 bits per heavy atom. The number of carbonyl (C=O) groups is 3. The highest BCUT2D eigenvalue weighted by atomic mass is 35.5. The minimum atomic E-state index is -1.30. The van der Waals surface area contributed by atoms with Gasteiger partial charge in [-0.25, -0.2) is 0 Å². The van der Waals surface area contributed by atoms with Crippen LogP contribution in [0.1, 0.15) is 5.56 Å². The van der Waals surface area contributed by atoms with Crippen molar-refractivity contribution in [1.29, 1.82) is 0 Å². The molecule has 0 aliphatic carbocycles. The lowest BCUT2D eigenvalue weighted by Gasteiger charge is -2.07. The van der Waals surface area contributed by atoms with Crippen LogP contribution in [0.5, 0.6) is 0 Å². The number of thioether (sulfide) groups is 1. The first-order chi connectivity index (χ1) is 11.3. The summed E-state index contributed by atoms with van der Waals surface area (Å²) in [5, 5.41) is 18.7. The van der Waals surface area contributed by atoms with Gasteiger partial charge < -0.3 is 5.11 Å². The monoisotopic (exact) mass is 368 g/mol. The van der Waals surface area contributed by atoms with Crippen LogP contribution < -0.4 is 0 Å². The summed E-state index contributed by atoms with van der Waals surface area (Å²) in [4.78, 5) is 44.8. The molecule has 0 bridgehead atoms. The molecule has 2 amide bonds. The summed E-state index contributed by atoms with van der Waals surface area (Å²) >= 11 is 6.59. The number of halogens is 1. The van der Waals surface area contributed by atoms with E-state index >= 15 is 0 Å². The number of nitrogens with zero attached hydrogens (tertiary/aromatic N) is 2. The highest BCUT2D eigenvalue weighted by Crippen LogP contribution is 2.32. The number of carboxylic acid groups (broad SMARTS) is 1. The zero-order valence-electron chi connectivity index (χ0n) is 11.8. The van der Waals surface area contributed by atoms with Crippen LogP contribution in [0, 0.1) is 10.1 Å². The quantitative estimate of drug-likeness (QED) is 0.482. The minimum absolute atomic E-state index is 0.00408. The van der Waals surface area contributed by atoms with Crippen LogP contribution in [-0.2, 0) is 9.59 Å². The van der Waals surface area contributed by atoms with Crippen molar-refractivity contribution in [2.45, 2.75) is 0 Å². The maximum absolute atomic E-state index is 12.0. The lowest BCUT2D eigenvalue weighted by atomic mass is 10.2. The molecule has 0 aromatic heterocycles. The summed E-state index contributed by atoms with van der Waals surface area (Å²) in [6.07, 6.45) is 2.70. The number of allylic oxidation sites excluding steroid dienone is 2. The van der Waals surface area contributed by atoms with E-state index in [0.717, 1.165) is 0 Å². The van der Waals surface area contributed by atoms with Crippen LogP contribution in [0.25, 0.3) is 6.08 Å². The van der Waals surface area contributed by atoms with E-state index in [0.29, 0.717) is 22.2 Å². The van der Waals surface area contributed by atoms with E-state index < -0.39 is 28.6 Å². The van der Waals surface area contributed by atoms with Gasteiger partial charge in [0.15, 0.2) is 0 Å². The average molecular weight is 369 g/mol. The first kappa shape index (κ1) is 17.7. The zero-order valence-corrected chi connectivity index (χ0v) is 13.4. The molecule has 1 aliphatic heterocycles. The predicted molar refractivity (Wildman–Crippen MR) is 87.3 cm³/mol.